The average Bonchev–Trinajstić information content (AvgIpc) is 2.84. The number of aromatic nitrogens is 2. The summed E-state index contributed by atoms with van der Waals surface area (Å²) in [6, 6.07) is 0. The third-order valence-electron chi connectivity index (χ3n) is 4.58. The fraction of sp³-hybridized carbons (Fsp3) is 0.733. The smallest absolute Gasteiger partial charge is 0.160 e. The van der Waals surface area contributed by atoms with Gasteiger partial charge in [-0.2, -0.15) is 0 Å². The molecule has 1 aliphatic rings. The van der Waals surface area contributed by atoms with Crippen molar-refractivity contribution in [3.8, 4) is 0 Å². The van der Waals surface area contributed by atoms with Gasteiger partial charge in [0.15, 0.2) is 5.78 Å². The van der Waals surface area contributed by atoms with Crippen molar-refractivity contribution in [2.75, 3.05) is 13.1 Å². The lowest BCUT2D eigenvalue weighted by Crippen LogP contribution is -2.54. The van der Waals surface area contributed by atoms with E-state index in [2.05, 4.69) is 23.7 Å². The van der Waals surface area contributed by atoms with Crippen LogP contribution in [0.15, 0.2) is 12.4 Å². The molecule has 1 aromatic heterocycles. The van der Waals surface area contributed by atoms with Gasteiger partial charge in [-0.05, 0) is 39.3 Å². The largest absolute Gasteiger partial charge is 0.338 e. The van der Waals surface area contributed by atoms with Crippen LogP contribution in [0, 0.1) is 0 Å². The summed E-state index contributed by atoms with van der Waals surface area (Å²) in [7, 11) is 1.94. The first-order valence-corrected chi connectivity index (χ1v) is 7.32. The molecule has 1 unspecified atom stereocenters. The van der Waals surface area contributed by atoms with E-state index < -0.39 is 0 Å². The fourth-order valence-corrected chi connectivity index (χ4v) is 2.89. The quantitative estimate of drug-likeness (QED) is 0.817. The molecule has 1 atom stereocenters. The van der Waals surface area contributed by atoms with Gasteiger partial charge in [-0.3, -0.25) is 9.69 Å². The highest BCUT2D eigenvalue weighted by Gasteiger charge is 2.38. The lowest BCUT2D eigenvalue weighted by Gasteiger charge is -2.41. The van der Waals surface area contributed by atoms with Crippen LogP contribution < -0.4 is 0 Å². The molecule has 0 spiro atoms. The molecular weight excluding hydrogens is 238 g/mol. The molecule has 0 radical (unpaired) electrons. The first-order chi connectivity index (χ1) is 9.08. The zero-order chi connectivity index (χ0) is 13.9. The average molecular weight is 263 g/mol. The van der Waals surface area contributed by atoms with Crippen molar-refractivity contribution < 1.29 is 4.79 Å². The lowest BCUT2D eigenvalue weighted by molar-refractivity contribution is -0.130. The molecule has 0 aromatic carbocycles. The number of rotatable bonds is 5. The molecule has 2 heterocycles. The van der Waals surface area contributed by atoms with Gasteiger partial charge in [0.25, 0.3) is 0 Å². The molecule has 1 saturated heterocycles. The molecule has 0 aliphatic carbocycles. The SMILES string of the molecule is CCC(C)(C(=O)Cc1nccn1C)N1CCCCC1. The Morgan fingerprint density at radius 1 is 1.37 bits per heavy atom. The van der Waals surface area contributed by atoms with E-state index in [4.69, 9.17) is 0 Å². The van der Waals surface area contributed by atoms with Crippen molar-refractivity contribution in [1.29, 1.82) is 0 Å². The van der Waals surface area contributed by atoms with Crippen LogP contribution in [0.3, 0.4) is 0 Å². The van der Waals surface area contributed by atoms with Crippen molar-refractivity contribution in [3.63, 3.8) is 0 Å². The van der Waals surface area contributed by atoms with Crippen LogP contribution in [0.4, 0.5) is 0 Å². The topological polar surface area (TPSA) is 38.1 Å². The van der Waals surface area contributed by atoms with Gasteiger partial charge in [0, 0.05) is 19.4 Å². The number of Topliss-reactive ketones (excluding diaryl/α,β-unsaturated/α-hetero) is 1. The predicted molar refractivity (Wildman–Crippen MR) is 76.0 cm³/mol. The normalized spacial score (nSPS) is 20.2. The van der Waals surface area contributed by atoms with E-state index in [0.29, 0.717) is 12.2 Å². The standard InChI is InChI=1S/C15H25N3O/c1-4-15(2,18-9-6-5-7-10-18)13(19)12-14-16-8-11-17(14)3/h8,11H,4-7,9-10,12H2,1-3H3. The van der Waals surface area contributed by atoms with E-state index in [1.165, 1.54) is 19.3 Å². The Kier molecular flexibility index (Phi) is 4.40. The van der Waals surface area contributed by atoms with Crippen molar-refractivity contribution in [3.05, 3.63) is 18.2 Å². The van der Waals surface area contributed by atoms with E-state index >= 15 is 0 Å². The van der Waals surface area contributed by atoms with Crippen molar-refractivity contribution >= 4 is 5.78 Å². The van der Waals surface area contributed by atoms with Gasteiger partial charge in [0.1, 0.15) is 5.82 Å². The minimum Gasteiger partial charge on any atom is -0.338 e. The van der Waals surface area contributed by atoms with Gasteiger partial charge in [-0.1, -0.05) is 13.3 Å². The molecule has 0 saturated carbocycles. The van der Waals surface area contributed by atoms with Gasteiger partial charge < -0.3 is 4.57 Å². The van der Waals surface area contributed by atoms with E-state index in [9.17, 15) is 4.79 Å². The highest BCUT2D eigenvalue weighted by molar-refractivity contribution is 5.89. The summed E-state index contributed by atoms with van der Waals surface area (Å²) >= 11 is 0. The zero-order valence-corrected chi connectivity index (χ0v) is 12.4. The molecule has 1 aliphatic heterocycles. The minimum atomic E-state index is -0.327. The van der Waals surface area contributed by atoms with Crippen molar-refractivity contribution in [2.45, 2.75) is 51.5 Å². The minimum absolute atomic E-state index is 0.297. The highest BCUT2D eigenvalue weighted by atomic mass is 16.1. The van der Waals surface area contributed by atoms with E-state index in [0.717, 1.165) is 25.3 Å². The number of aryl methyl sites for hydroxylation is 1. The van der Waals surface area contributed by atoms with Gasteiger partial charge in [-0.15, -0.1) is 0 Å². The summed E-state index contributed by atoms with van der Waals surface area (Å²) in [5.41, 5.74) is -0.327. The molecule has 0 bridgehead atoms. The molecule has 0 amide bonds. The van der Waals surface area contributed by atoms with E-state index in [1.807, 2.05) is 17.8 Å². The number of piperidine rings is 1. The second-order valence-corrected chi connectivity index (χ2v) is 5.73. The number of imidazole rings is 1. The molecule has 19 heavy (non-hydrogen) atoms. The van der Waals surface area contributed by atoms with Crippen LogP contribution in [0.5, 0.6) is 0 Å². The Bertz CT molecular complexity index is 434. The number of carbonyl (C=O) groups excluding carboxylic acids is 1. The monoisotopic (exact) mass is 263 g/mol. The van der Waals surface area contributed by atoms with Crippen LogP contribution in [0.25, 0.3) is 0 Å². The molecule has 4 nitrogen and oxygen atoms in total. The molecule has 1 aromatic rings. The van der Waals surface area contributed by atoms with Crippen molar-refractivity contribution in [2.24, 2.45) is 7.05 Å². The van der Waals surface area contributed by atoms with Crippen LogP contribution in [0.1, 0.15) is 45.4 Å². The maximum Gasteiger partial charge on any atom is 0.160 e. The summed E-state index contributed by atoms with van der Waals surface area (Å²) < 4.78 is 1.93. The number of nitrogens with zero attached hydrogens (tertiary/aromatic N) is 3. The highest BCUT2D eigenvalue weighted by Crippen LogP contribution is 2.26. The van der Waals surface area contributed by atoms with Crippen LogP contribution in [0.2, 0.25) is 0 Å². The van der Waals surface area contributed by atoms with Gasteiger partial charge in [0.05, 0.1) is 12.0 Å². The lowest BCUT2D eigenvalue weighted by atomic mass is 9.87. The van der Waals surface area contributed by atoms with Crippen molar-refractivity contribution in [1.82, 2.24) is 14.5 Å². The van der Waals surface area contributed by atoms with Gasteiger partial charge >= 0.3 is 0 Å². The molecule has 4 heteroatoms. The summed E-state index contributed by atoms with van der Waals surface area (Å²) in [5, 5.41) is 0. The van der Waals surface area contributed by atoms with E-state index in [-0.39, 0.29) is 5.54 Å². The maximum atomic E-state index is 12.7. The van der Waals surface area contributed by atoms with Crippen LogP contribution in [-0.2, 0) is 18.3 Å². The molecular formula is C15H25N3O. The van der Waals surface area contributed by atoms with Crippen LogP contribution >= 0.6 is 0 Å². The van der Waals surface area contributed by atoms with E-state index in [1.54, 1.807) is 6.20 Å². The molecule has 0 N–H and O–H groups in total. The Morgan fingerprint density at radius 3 is 2.58 bits per heavy atom. The second-order valence-electron chi connectivity index (χ2n) is 5.73. The Morgan fingerprint density at radius 2 is 2.05 bits per heavy atom. The second kappa shape index (κ2) is 5.87. The maximum absolute atomic E-state index is 12.7. The summed E-state index contributed by atoms with van der Waals surface area (Å²) in [6.07, 6.45) is 8.68. The number of likely N-dealkylation sites (tertiary alicyclic amines) is 1. The first-order valence-electron chi connectivity index (χ1n) is 7.32. The fourth-order valence-electron chi connectivity index (χ4n) is 2.89. The Hall–Kier alpha value is -1.16. The number of ketones is 1. The first kappa shape index (κ1) is 14.3. The van der Waals surface area contributed by atoms with Gasteiger partial charge in [-0.25, -0.2) is 4.98 Å². The summed E-state index contributed by atoms with van der Waals surface area (Å²) in [5.74, 6) is 1.16. The summed E-state index contributed by atoms with van der Waals surface area (Å²) in [4.78, 5) is 19.4. The number of hydrogen-bond acceptors (Lipinski definition) is 3. The third-order valence-corrected chi connectivity index (χ3v) is 4.58. The molecule has 106 valence electrons. The summed E-state index contributed by atoms with van der Waals surface area (Å²) in [6.45, 7) is 6.32. The zero-order valence-electron chi connectivity index (χ0n) is 12.4. The van der Waals surface area contributed by atoms with Crippen LogP contribution in [-0.4, -0.2) is 38.9 Å². The molecule has 2 rings (SSSR count). The van der Waals surface area contributed by atoms with Gasteiger partial charge in [0.2, 0.25) is 0 Å². The number of hydrogen-bond donors (Lipinski definition) is 0. The Labute approximate surface area is 115 Å². The Balaban J connectivity index is 2.11. The number of carbonyl (C=O) groups is 1. The third kappa shape index (κ3) is 2.89. The predicted octanol–water partition coefficient (Wildman–Crippen LogP) is 2.19. The molecule has 1 fully saturated rings.